The molecule has 0 radical (unpaired) electrons. The highest BCUT2D eigenvalue weighted by Gasteiger charge is 2.25. The van der Waals surface area contributed by atoms with E-state index in [0.29, 0.717) is 6.54 Å². The average Bonchev–Trinajstić information content (AvgIpc) is 2.24. The van der Waals surface area contributed by atoms with Crippen LogP contribution >= 0.6 is 12.2 Å². The summed E-state index contributed by atoms with van der Waals surface area (Å²) in [4.78, 5) is 11.9. The molecular weight excluding hydrogens is 238 g/mol. The highest BCUT2D eigenvalue weighted by Crippen LogP contribution is 2.13. The zero-order chi connectivity index (χ0) is 12.9. The highest BCUT2D eigenvalue weighted by atomic mass is 32.1. The van der Waals surface area contributed by atoms with Crippen LogP contribution in [-0.4, -0.2) is 33.5 Å². The van der Waals surface area contributed by atoms with E-state index in [2.05, 4.69) is 22.5 Å². The molecule has 6 heteroatoms. The smallest absolute Gasteiger partial charge is 0.441 e. The molecule has 0 N–H and O–H groups in total. The number of hydrazone groups is 1. The van der Waals surface area contributed by atoms with Crippen molar-refractivity contribution < 1.29 is 9.53 Å². The number of hydrazine groups is 1. The Hall–Kier alpha value is -1.65. The van der Waals surface area contributed by atoms with Crippen molar-refractivity contribution >= 4 is 23.5 Å². The summed E-state index contributed by atoms with van der Waals surface area (Å²) in [7, 11) is 0. The van der Waals surface area contributed by atoms with Gasteiger partial charge in [0.25, 0.3) is 0 Å². The predicted molar refractivity (Wildman–Crippen MR) is 68.1 cm³/mol. The number of ether oxygens (including phenoxy) is 1. The fraction of sp³-hybridized carbons (Fsp3) is 0.455. The van der Waals surface area contributed by atoms with Gasteiger partial charge in [0.2, 0.25) is 0 Å². The lowest BCUT2D eigenvalue weighted by molar-refractivity contribution is -0.0245. The number of carbonyl (C=O) groups excluding carboxylic acids is 1. The number of thiocarbonyl (C=S) groups is 1. The van der Waals surface area contributed by atoms with Gasteiger partial charge in [0.15, 0.2) is 0 Å². The van der Waals surface area contributed by atoms with E-state index in [1.54, 1.807) is 38.1 Å². The summed E-state index contributed by atoms with van der Waals surface area (Å²) in [5.41, 5.74) is -0.582. The van der Waals surface area contributed by atoms with Crippen molar-refractivity contribution in [2.45, 2.75) is 26.4 Å². The third-order valence-corrected chi connectivity index (χ3v) is 1.82. The molecule has 0 aromatic heterocycles. The Labute approximate surface area is 106 Å². The molecule has 0 aromatic carbocycles. The Balaban J connectivity index is 2.78. The number of hydrogen-bond donors (Lipinski definition) is 0. The standard InChI is InChI=1S/C11H15N3O2S/c1-11(2,3)16-10(15)14(12-9-17)13-7-5-4-6-8-13/h4-7H,8H2,1-3H3. The molecular formula is C11H15N3O2S. The van der Waals surface area contributed by atoms with Crippen LogP contribution in [0.1, 0.15) is 20.8 Å². The van der Waals surface area contributed by atoms with Crippen LogP contribution in [0.4, 0.5) is 4.79 Å². The Kier molecular flexibility index (Phi) is 4.43. The number of hydrogen-bond acceptors (Lipinski definition) is 5. The van der Waals surface area contributed by atoms with Gasteiger partial charge in [0, 0.05) is 6.20 Å². The van der Waals surface area contributed by atoms with Gasteiger partial charge < -0.3 is 4.74 Å². The molecule has 0 bridgehead atoms. The first kappa shape index (κ1) is 13.4. The van der Waals surface area contributed by atoms with Gasteiger partial charge in [-0.2, -0.15) is 0 Å². The van der Waals surface area contributed by atoms with Crippen molar-refractivity contribution in [1.82, 2.24) is 10.1 Å². The van der Waals surface area contributed by atoms with Crippen LogP contribution in [0.2, 0.25) is 0 Å². The number of nitrogens with zero attached hydrogens (tertiary/aromatic N) is 3. The number of amides is 1. The van der Waals surface area contributed by atoms with Crippen LogP contribution < -0.4 is 0 Å². The molecule has 0 aliphatic carbocycles. The summed E-state index contributed by atoms with van der Waals surface area (Å²) in [6.45, 7) is 5.89. The monoisotopic (exact) mass is 253 g/mol. The molecule has 0 fully saturated rings. The van der Waals surface area contributed by atoms with E-state index < -0.39 is 11.7 Å². The van der Waals surface area contributed by atoms with Crippen molar-refractivity contribution in [3.05, 3.63) is 24.4 Å². The molecule has 0 saturated heterocycles. The van der Waals surface area contributed by atoms with Gasteiger partial charge in [0.1, 0.15) is 5.60 Å². The molecule has 1 amide bonds. The van der Waals surface area contributed by atoms with Crippen molar-refractivity contribution in [1.29, 1.82) is 0 Å². The maximum absolute atomic E-state index is 11.9. The van der Waals surface area contributed by atoms with Gasteiger partial charge in [0.05, 0.1) is 11.7 Å². The number of isothiocyanates is 1. The van der Waals surface area contributed by atoms with Crippen LogP contribution in [0.5, 0.6) is 0 Å². The minimum atomic E-state index is -0.588. The third-order valence-electron chi connectivity index (χ3n) is 1.73. The molecule has 0 saturated carbocycles. The second kappa shape index (κ2) is 5.61. The SMILES string of the molecule is CC(C)(C)OC(=O)N(N=C=S)N1C=CC=CC1. The average molecular weight is 253 g/mol. The van der Waals surface area contributed by atoms with Crippen LogP contribution in [0.15, 0.2) is 29.5 Å². The van der Waals surface area contributed by atoms with E-state index in [1.807, 2.05) is 12.2 Å². The van der Waals surface area contributed by atoms with Crippen molar-refractivity contribution in [2.24, 2.45) is 5.10 Å². The lowest BCUT2D eigenvalue weighted by atomic mass is 10.2. The Morgan fingerprint density at radius 3 is 2.71 bits per heavy atom. The molecule has 1 rings (SSSR count). The lowest BCUT2D eigenvalue weighted by Crippen LogP contribution is -2.43. The molecule has 92 valence electrons. The van der Waals surface area contributed by atoms with Crippen LogP contribution in [0.25, 0.3) is 0 Å². The topological polar surface area (TPSA) is 45.1 Å². The quantitative estimate of drug-likeness (QED) is 0.431. The van der Waals surface area contributed by atoms with E-state index in [4.69, 9.17) is 4.74 Å². The largest absolute Gasteiger partial charge is 0.451 e. The summed E-state index contributed by atoms with van der Waals surface area (Å²) in [5, 5.41) is 8.49. The molecule has 0 spiro atoms. The highest BCUT2D eigenvalue weighted by molar-refractivity contribution is 7.78. The Bertz CT molecular complexity index is 392. The molecule has 1 heterocycles. The van der Waals surface area contributed by atoms with Gasteiger partial charge in [-0.05, 0) is 39.1 Å². The fourth-order valence-corrected chi connectivity index (χ4v) is 1.22. The van der Waals surface area contributed by atoms with Gasteiger partial charge in [-0.1, -0.05) is 22.4 Å². The molecule has 17 heavy (non-hydrogen) atoms. The summed E-state index contributed by atoms with van der Waals surface area (Å²) in [6, 6.07) is 0. The van der Waals surface area contributed by atoms with Gasteiger partial charge in [-0.25, -0.2) is 4.79 Å². The number of allylic oxidation sites excluding steroid dienone is 2. The van der Waals surface area contributed by atoms with Crippen LogP contribution in [0, 0.1) is 0 Å². The number of rotatable bonds is 2. The minimum absolute atomic E-state index is 0.524. The second-order valence-corrected chi connectivity index (χ2v) is 4.54. The first-order valence-corrected chi connectivity index (χ1v) is 5.55. The summed E-state index contributed by atoms with van der Waals surface area (Å²) in [6.07, 6.45) is 6.68. The molecule has 1 aliphatic rings. The molecule has 0 atom stereocenters. The summed E-state index contributed by atoms with van der Waals surface area (Å²) < 4.78 is 5.21. The van der Waals surface area contributed by atoms with Crippen molar-refractivity contribution in [2.75, 3.05) is 6.54 Å². The normalized spacial score (nSPS) is 14.2. The van der Waals surface area contributed by atoms with E-state index in [9.17, 15) is 4.79 Å². The van der Waals surface area contributed by atoms with Crippen LogP contribution in [0.3, 0.4) is 0 Å². The molecule has 0 aromatic rings. The minimum Gasteiger partial charge on any atom is -0.441 e. The summed E-state index contributed by atoms with van der Waals surface area (Å²) >= 11 is 4.52. The first-order chi connectivity index (χ1) is 7.94. The van der Waals surface area contributed by atoms with Gasteiger partial charge >= 0.3 is 6.09 Å². The first-order valence-electron chi connectivity index (χ1n) is 5.15. The van der Waals surface area contributed by atoms with Gasteiger partial charge in [-0.15, -0.1) is 0 Å². The number of carbonyl (C=O) groups is 1. The molecule has 1 aliphatic heterocycles. The Morgan fingerprint density at radius 1 is 1.53 bits per heavy atom. The van der Waals surface area contributed by atoms with E-state index in [-0.39, 0.29) is 0 Å². The van der Waals surface area contributed by atoms with E-state index in [0.717, 1.165) is 5.12 Å². The fourth-order valence-electron chi connectivity index (χ4n) is 1.14. The summed E-state index contributed by atoms with van der Waals surface area (Å²) in [5.74, 6) is 0. The second-order valence-electron chi connectivity index (χ2n) is 4.35. The van der Waals surface area contributed by atoms with E-state index in [1.165, 1.54) is 0 Å². The third kappa shape index (κ3) is 4.38. The molecule has 5 nitrogen and oxygen atoms in total. The van der Waals surface area contributed by atoms with E-state index >= 15 is 0 Å². The maximum atomic E-state index is 11.9. The van der Waals surface area contributed by atoms with Crippen LogP contribution in [-0.2, 0) is 4.74 Å². The molecule has 0 unspecified atom stereocenters. The van der Waals surface area contributed by atoms with Gasteiger partial charge in [-0.3, -0.25) is 5.01 Å². The zero-order valence-corrected chi connectivity index (χ0v) is 10.9. The zero-order valence-electron chi connectivity index (χ0n) is 10.1. The van der Waals surface area contributed by atoms with Crippen molar-refractivity contribution in [3.63, 3.8) is 0 Å². The van der Waals surface area contributed by atoms with Crippen molar-refractivity contribution in [3.8, 4) is 0 Å². The lowest BCUT2D eigenvalue weighted by Gasteiger charge is -2.30. The predicted octanol–water partition coefficient (Wildman–Crippen LogP) is 2.54. The Morgan fingerprint density at radius 2 is 2.24 bits per heavy atom. The maximum Gasteiger partial charge on any atom is 0.451 e.